The number of rotatable bonds is 0. The van der Waals surface area contributed by atoms with Crippen LogP contribution in [0.5, 0.6) is 0 Å². The third-order valence-corrected chi connectivity index (χ3v) is 0.231. The summed E-state index contributed by atoms with van der Waals surface area (Å²) in [7, 11) is 0.583. The van der Waals surface area contributed by atoms with Crippen molar-refractivity contribution in [3.63, 3.8) is 0 Å². The largest absolute Gasteiger partial charge is 0.522 e. The molecule has 3 radical (unpaired) electrons. The number of hydrogen-bond acceptors (Lipinski definition) is 1. The van der Waals surface area contributed by atoms with Gasteiger partial charge in [0.2, 0.25) is 0 Å². The van der Waals surface area contributed by atoms with Crippen LogP contribution >= 0.6 is 0 Å². The second-order valence-corrected chi connectivity index (χ2v) is 0.650. The van der Waals surface area contributed by atoms with Crippen molar-refractivity contribution in [2.45, 2.75) is 6.36 Å². The van der Waals surface area contributed by atoms with Crippen molar-refractivity contribution < 1.29 is 17.9 Å². The minimum Gasteiger partial charge on any atom is -0.295 e. The lowest BCUT2D eigenvalue weighted by molar-refractivity contribution is -0.311. The van der Waals surface area contributed by atoms with E-state index < -0.39 is 6.36 Å². The van der Waals surface area contributed by atoms with E-state index in [1.54, 1.807) is 0 Å². The standard InChI is InChI=1S/C2H3F3O.B/c1-6-2(3,4)5;/h1H3;. The van der Waals surface area contributed by atoms with Gasteiger partial charge in [-0.2, -0.15) is 0 Å². The topological polar surface area (TPSA) is 9.23 Å². The summed E-state index contributed by atoms with van der Waals surface area (Å²) in [5, 5.41) is 0. The van der Waals surface area contributed by atoms with Crippen LogP contribution in [0, 0.1) is 0 Å². The molecule has 0 unspecified atom stereocenters. The molecule has 0 heterocycles. The number of hydrogen-bond donors (Lipinski definition) is 0. The normalized spacial score (nSPS) is 10.3. The zero-order valence-corrected chi connectivity index (χ0v) is 3.62. The van der Waals surface area contributed by atoms with Crippen LogP contribution in [-0.4, -0.2) is 21.9 Å². The van der Waals surface area contributed by atoms with E-state index in [2.05, 4.69) is 4.74 Å². The molecule has 0 saturated carbocycles. The third kappa shape index (κ3) is 10.7. The van der Waals surface area contributed by atoms with Gasteiger partial charge in [0.25, 0.3) is 0 Å². The second-order valence-electron chi connectivity index (χ2n) is 0.650. The summed E-state index contributed by atoms with van der Waals surface area (Å²) in [6.45, 7) is 0. The highest BCUT2D eigenvalue weighted by atomic mass is 19.4. The molecule has 0 aliphatic carbocycles. The number of halogens is 3. The Hall–Kier alpha value is -0.185. The lowest BCUT2D eigenvalue weighted by Gasteiger charge is -1.97. The minimum atomic E-state index is -4.46. The summed E-state index contributed by atoms with van der Waals surface area (Å²) in [5.74, 6) is 0. The molecular formula is C2H3BF3O. The molecule has 0 saturated heterocycles. The van der Waals surface area contributed by atoms with Crippen molar-refractivity contribution in [2.75, 3.05) is 7.11 Å². The van der Waals surface area contributed by atoms with Gasteiger partial charge in [0.15, 0.2) is 0 Å². The Morgan fingerprint density at radius 3 is 1.43 bits per heavy atom. The lowest BCUT2D eigenvalue weighted by Crippen LogP contribution is -2.08. The average Bonchev–Trinajstić information content (AvgIpc) is 1.35. The van der Waals surface area contributed by atoms with Gasteiger partial charge >= 0.3 is 6.36 Å². The molecule has 0 aliphatic rings. The SMILES string of the molecule is COC(F)(F)F.[B]. The molecular weight excluding hydrogens is 108 g/mol. The monoisotopic (exact) mass is 111 g/mol. The van der Waals surface area contributed by atoms with Crippen LogP contribution in [0.1, 0.15) is 0 Å². The highest BCUT2D eigenvalue weighted by molar-refractivity contribution is 5.75. The Morgan fingerprint density at radius 1 is 1.29 bits per heavy atom. The fraction of sp³-hybridized carbons (Fsp3) is 1.00. The summed E-state index contributed by atoms with van der Waals surface area (Å²) < 4.78 is 34.6. The molecule has 0 rings (SSSR count). The Labute approximate surface area is 41.0 Å². The zero-order chi connectivity index (χ0) is 5.21. The van der Waals surface area contributed by atoms with Crippen LogP contribution in [0.15, 0.2) is 0 Å². The van der Waals surface area contributed by atoms with E-state index >= 15 is 0 Å². The molecule has 0 amide bonds. The molecule has 7 heavy (non-hydrogen) atoms. The van der Waals surface area contributed by atoms with Crippen LogP contribution in [-0.2, 0) is 4.74 Å². The molecule has 5 heteroatoms. The summed E-state index contributed by atoms with van der Waals surface area (Å²) >= 11 is 0. The molecule has 0 atom stereocenters. The van der Waals surface area contributed by atoms with Gasteiger partial charge in [-0.1, -0.05) is 0 Å². The van der Waals surface area contributed by atoms with Crippen LogP contribution in [0.3, 0.4) is 0 Å². The Kier molecular flexibility index (Phi) is 4.12. The molecule has 41 valence electrons. The molecule has 0 bridgehead atoms. The molecule has 0 fully saturated rings. The van der Waals surface area contributed by atoms with Crippen LogP contribution in [0.2, 0.25) is 0 Å². The van der Waals surface area contributed by atoms with Crippen LogP contribution in [0.25, 0.3) is 0 Å². The highest BCUT2D eigenvalue weighted by Crippen LogP contribution is 2.13. The van der Waals surface area contributed by atoms with E-state index in [1.807, 2.05) is 0 Å². The Bertz CT molecular complexity index is 42.7. The van der Waals surface area contributed by atoms with E-state index in [-0.39, 0.29) is 8.41 Å². The maximum absolute atomic E-state index is 10.6. The fourth-order valence-corrected chi connectivity index (χ4v) is 0. The summed E-state index contributed by atoms with van der Waals surface area (Å²) in [6.07, 6.45) is -4.46. The maximum atomic E-state index is 10.6. The van der Waals surface area contributed by atoms with Gasteiger partial charge in [0.05, 0.1) is 0 Å². The zero-order valence-electron chi connectivity index (χ0n) is 3.62. The second kappa shape index (κ2) is 2.90. The Balaban J connectivity index is 0. The lowest BCUT2D eigenvalue weighted by atomic mass is 10.8. The molecule has 0 spiro atoms. The smallest absolute Gasteiger partial charge is 0.295 e. The fourth-order valence-electron chi connectivity index (χ4n) is 0. The van der Waals surface area contributed by atoms with Gasteiger partial charge in [0, 0.05) is 15.5 Å². The average molecular weight is 111 g/mol. The first-order valence-corrected chi connectivity index (χ1v) is 1.18. The van der Waals surface area contributed by atoms with Gasteiger partial charge in [-0.3, -0.25) is 4.74 Å². The van der Waals surface area contributed by atoms with Crippen molar-refractivity contribution >= 4 is 8.41 Å². The van der Waals surface area contributed by atoms with E-state index in [1.165, 1.54) is 0 Å². The molecule has 0 N–H and O–H groups in total. The summed E-state index contributed by atoms with van der Waals surface area (Å²) in [6, 6.07) is 0. The van der Waals surface area contributed by atoms with Gasteiger partial charge in [-0.25, -0.2) is 0 Å². The number of ether oxygens (including phenoxy) is 1. The Morgan fingerprint density at radius 2 is 1.43 bits per heavy atom. The first kappa shape index (κ1) is 9.94. The van der Waals surface area contributed by atoms with E-state index in [0.29, 0.717) is 7.11 Å². The van der Waals surface area contributed by atoms with Gasteiger partial charge in [-0.15, -0.1) is 13.2 Å². The predicted molar refractivity (Wildman–Crippen MR) is 18.8 cm³/mol. The molecule has 0 aromatic heterocycles. The summed E-state index contributed by atoms with van der Waals surface area (Å²) in [5.41, 5.74) is 0. The molecule has 0 aliphatic heterocycles. The van der Waals surface area contributed by atoms with Crippen molar-refractivity contribution in [1.29, 1.82) is 0 Å². The first-order valence-electron chi connectivity index (χ1n) is 1.18. The first-order chi connectivity index (χ1) is 2.56. The van der Waals surface area contributed by atoms with Crippen molar-refractivity contribution in [1.82, 2.24) is 0 Å². The van der Waals surface area contributed by atoms with Gasteiger partial charge < -0.3 is 0 Å². The summed E-state index contributed by atoms with van der Waals surface area (Å²) in [4.78, 5) is 0. The van der Waals surface area contributed by atoms with Gasteiger partial charge in [0.1, 0.15) is 0 Å². The van der Waals surface area contributed by atoms with Crippen molar-refractivity contribution in [3.05, 3.63) is 0 Å². The van der Waals surface area contributed by atoms with E-state index in [0.717, 1.165) is 0 Å². The van der Waals surface area contributed by atoms with E-state index in [4.69, 9.17) is 0 Å². The molecule has 0 aromatic carbocycles. The third-order valence-electron chi connectivity index (χ3n) is 0.231. The van der Waals surface area contributed by atoms with Crippen LogP contribution < -0.4 is 0 Å². The molecule has 1 nitrogen and oxygen atoms in total. The number of alkyl halides is 3. The number of methoxy groups -OCH3 is 1. The minimum absolute atomic E-state index is 0. The molecule has 0 aromatic rings. The maximum Gasteiger partial charge on any atom is 0.522 e. The van der Waals surface area contributed by atoms with Crippen molar-refractivity contribution in [2.24, 2.45) is 0 Å². The highest BCUT2D eigenvalue weighted by Gasteiger charge is 2.25. The van der Waals surface area contributed by atoms with E-state index in [9.17, 15) is 13.2 Å². The van der Waals surface area contributed by atoms with Gasteiger partial charge in [-0.05, 0) is 0 Å². The van der Waals surface area contributed by atoms with Crippen LogP contribution in [0.4, 0.5) is 13.2 Å². The van der Waals surface area contributed by atoms with Crippen molar-refractivity contribution in [3.8, 4) is 0 Å². The predicted octanol–water partition coefficient (Wildman–Crippen LogP) is 0.772. The quantitative estimate of drug-likeness (QED) is 0.419.